The summed E-state index contributed by atoms with van der Waals surface area (Å²) in [5.74, 6) is -0.997. The van der Waals surface area contributed by atoms with Crippen LogP contribution in [-0.2, 0) is 14.3 Å². The SMILES string of the molecule is Cc1cc(=O)cc(C(=O)N[C@@H]2COCC[C@@H]2OCC(N)=O)[nH]1. The molecule has 1 aromatic heterocycles. The first kappa shape index (κ1) is 16.2. The summed E-state index contributed by atoms with van der Waals surface area (Å²) in [4.78, 5) is 37.3. The zero-order valence-electron chi connectivity index (χ0n) is 12.3. The maximum Gasteiger partial charge on any atom is 0.268 e. The standard InChI is InChI=1S/C14H19N3O5/c1-8-4-9(18)5-10(16-8)14(20)17-11-6-21-3-2-12(11)22-7-13(15)19/h4-5,11-12H,2-3,6-7H2,1H3,(H2,15,19)(H,16,18)(H,17,20)/t11-,12+/m1/s1. The summed E-state index contributed by atoms with van der Waals surface area (Å²) in [6.07, 6.45) is 0.185. The zero-order chi connectivity index (χ0) is 16.1. The number of hydrogen-bond donors (Lipinski definition) is 3. The number of rotatable bonds is 5. The number of amides is 2. The van der Waals surface area contributed by atoms with Gasteiger partial charge in [-0.25, -0.2) is 0 Å². The van der Waals surface area contributed by atoms with Crippen LogP contribution in [0.15, 0.2) is 16.9 Å². The van der Waals surface area contributed by atoms with E-state index in [-0.39, 0.29) is 30.4 Å². The third-order valence-electron chi connectivity index (χ3n) is 3.27. The second kappa shape index (κ2) is 7.19. The van der Waals surface area contributed by atoms with Gasteiger partial charge in [-0.05, 0) is 13.3 Å². The van der Waals surface area contributed by atoms with Crippen molar-refractivity contribution in [3.63, 3.8) is 0 Å². The number of nitrogens with one attached hydrogen (secondary N) is 2. The predicted octanol–water partition coefficient (Wildman–Crippen LogP) is -0.927. The fourth-order valence-corrected chi connectivity index (χ4v) is 2.29. The lowest BCUT2D eigenvalue weighted by atomic mass is 10.1. The van der Waals surface area contributed by atoms with Crippen LogP contribution in [0.3, 0.4) is 0 Å². The molecule has 4 N–H and O–H groups in total. The van der Waals surface area contributed by atoms with Gasteiger partial charge >= 0.3 is 0 Å². The molecule has 0 aromatic carbocycles. The Labute approximate surface area is 127 Å². The molecule has 0 spiro atoms. The highest BCUT2D eigenvalue weighted by Gasteiger charge is 2.28. The van der Waals surface area contributed by atoms with Crippen molar-refractivity contribution < 1.29 is 19.1 Å². The molecule has 1 aliphatic heterocycles. The van der Waals surface area contributed by atoms with Gasteiger partial charge in [-0.3, -0.25) is 14.4 Å². The summed E-state index contributed by atoms with van der Waals surface area (Å²) < 4.78 is 10.7. The van der Waals surface area contributed by atoms with Crippen LogP contribution < -0.4 is 16.5 Å². The van der Waals surface area contributed by atoms with Gasteiger partial charge in [-0.2, -0.15) is 0 Å². The molecular formula is C14H19N3O5. The van der Waals surface area contributed by atoms with Crippen molar-refractivity contribution in [2.24, 2.45) is 5.73 Å². The first-order valence-corrected chi connectivity index (χ1v) is 6.95. The topological polar surface area (TPSA) is 124 Å². The second-order valence-corrected chi connectivity index (χ2v) is 5.17. The van der Waals surface area contributed by atoms with E-state index in [0.717, 1.165) is 0 Å². The number of pyridine rings is 1. The molecule has 0 aliphatic carbocycles. The molecule has 8 heteroatoms. The molecule has 1 aromatic rings. The normalized spacial score (nSPS) is 21.3. The molecule has 2 heterocycles. The van der Waals surface area contributed by atoms with Crippen molar-refractivity contribution in [2.75, 3.05) is 19.8 Å². The first-order chi connectivity index (χ1) is 10.5. The minimum Gasteiger partial charge on any atom is -0.379 e. The van der Waals surface area contributed by atoms with Gasteiger partial charge in [0.1, 0.15) is 12.3 Å². The second-order valence-electron chi connectivity index (χ2n) is 5.17. The molecule has 0 radical (unpaired) electrons. The quantitative estimate of drug-likeness (QED) is 0.648. The number of aryl methyl sites for hydroxylation is 1. The molecule has 0 bridgehead atoms. The number of aromatic nitrogens is 1. The fraction of sp³-hybridized carbons (Fsp3) is 0.500. The summed E-state index contributed by atoms with van der Waals surface area (Å²) in [6.45, 7) is 2.24. The monoisotopic (exact) mass is 309 g/mol. The van der Waals surface area contributed by atoms with E-state index in [0.29, 0.717) is 18.7 Å². The van der Waals surface area contributed by atoms with Gasteiger partial charge in [-0.1, -0.05) is 0 Å². The third kappa shape index (κ3) is 4.40. The number of H-pyrrole nitrogens is 1. The minimum absolute atomic E-state index is 0.171. The van der Waals surface area contributed by atoms with E-state index in [1.54, 1.807) is 6.92 Å². The molecule has 2 atom stereocenters. The maximum absolute atomic E-state index is 12.2. The molecule has 2 amide bonds. The van der Waals surface area contributed by atoms with Crippen LogP contribution in [0.2, 0.25) is 0 Å². The van der Waals surface area contributed by atoms with E-state index in [1.165, 1.54) is 12.1 Å². The highest BCUT2D eigenvalue weighted by molar-refractivity contribution is 5.92. The van der Waals surface area contributed by atoms with Crippen molar-refractivity contribution in [3.05, 3.63) is 33.7 Å². The van der Waals surface area contributed by atoms with Crippen LogP contribution in [0.5, 0.6) is 0 Å². The van der Waals surface area contributed by atoms with Gasteiger partial charge in [0.2, 0.25) is 5.91 Å². The average Bonchev–Trinajstić information content (AvgIpc) is 2.45. The van der Waals surface area contributed by atoms with Crippen molar-refractivity contribution in [1.29, 1.82) is 0 Å². The number of carbonyl (C=O) groups is 2. The summed E-state index contributed by atoms with van der Waals surface area (Å²) in [6, 6.07) is 2.22. The summed E-state index contributed by atoms with van der Waals surface area (Å²) in [5, 5.41) is 2.75. The molecule has 1 saturated heterocycles. The van der Waals surface area contributed by atoms with Crippen molar-refractivity contribution in [2.45, 2.75) is 25.5 Å². The molecule has 8 nitrogen and oxygen atoms in total. The summed E-state index contributed by atoms with van der Waals surface area (Å²) >= 11 is 0. The highest BCUT2D eigenvalue weighted by Crippen LogP contribution is 2.12. The molecule has 2 rings (SSSR count). The Morgan fingerprint density at radius 1 is 1.50 bits per heavy atom. The Kier molecular flexibility index (Phi) is 5.29. The lowest BCUT2D eigenvalue weighted by Crippen LogP contribution is -2.51. The molecular weight excluding hydrogens is 290 g/mol. The molecule has 0 unspecified atom stereocenters. The number of carbonyl (C=O) groups excluding carboxylic acids is 2. The highest BCUT2D eigenvalue weighted by atomic mass is 16.5. The van der Waals surface area contributed by atoms with Crippen molar-refractivity contribution >= 4 is 11.8 Å². The first-order valence-electron chi connectivity index (χ1n) is 6.95. The molecule has 1 aliphatic rings. The lowest BCUT2D eigenvalue weighted by Gasteiger charge is -2.31. The van der Waals surface area contributed by atoms with E-state index < -0.39 is 17.9 Å². The molecule has 120 valence electrons. The van der Waals surface area contributed by atoms with Crippen LogP contribution in [-0.4, -0.2) is 48.8 Å². The minimum atomic E-state index is -0.570. The summed E-state index contributed by atoms with van der Waals surface area (Å²) in [7, 11) is 0. The number of primary amides is 1. The number of aromatic amines is 1. The average molecular weight is 309 g/mol. The number of hydrogen-bond acceptors (Lipinski definition) is 5. The zero-order valence-corrected chi connectivity index (χ0v) is 12.3. The van der Waals surface area contributed by atoms with Gasteiger partial charge in [0.25, 0.3) is 5.91 Å². The van der Waals surface area contributed by atoms with E-state index in [4.69, 9.17) is 15.2 Å². The predicted molar refractivity (Wildman–Crippen MR) is 77.4 cm³/mol. The van der Waals surface area contributed by atoms with E-state index in [2.05, 4.69) is 10.3 Å². The summed E-state index contributed by atoms with van der Waals surface area (Å²) in [5.41, 5.74) is 5.58. The van der Waals surface area contributed by atoms with Crippen LogP contribution in [0.25, 0.3) is 0 Å². The Balaban J connectivity index is 2.04. The third-order valence-corrected chi connectivity index (χ3v) is 3.27. The Morgan fingerprint density at radius 3 is 2.95 bits per heavy atom. The Hall–Kier alpha value is -2.19. The van der Waals surface area contributed by atoms with Crippen LogP contribution in [0, 0.1) is 6.92 Å². The van der Waals surface area contributed by atoms with Crippen LogP contribution in [0.4, 0.5) is 0 Å². The molecule has 0 saturated carbocycles. The van der Waals surface area contributed by atoms with Gasteiger partial charge in [0, 0.05) is 24.4 Å². The largest absolute Gasteiger partial charge is 0.379 e. The van der Waals surface area contributed by atoms with Crippen LogP contribution >= 0.6 is 0 Å². The number of nitrogens with two attached hydrogens (primary N) is 1. The fourth-order valence-electron chi connectivity index (χ4n) is 2.29. The van der Waals surface area contributed by atoms with Gasteiger partial charge in [-0.15, -0.1) is 0 Å². The van der Waals surface area contributed by atoms with Crippen molar-refractivity contribution in [3.8, 4) is 0 Å². The van der Waals surface area contributed by atoms with E-state index in [9.17, 15) is 14.4 Å². The number of ether oxygens (including phenoxy) is 2. The maximum atomic E-state index is 12.2. The van der Waals surface area contributed by atoms with Gasteiger partial charge in [0.05, 0.1) is 18.8 Å². The Bertz CT molecular complexity index is 613. The van der Waals surface area contributed by atoms with Crippen LogP contribution in [0.1, 0.15) is 22.6 Å². The molecule has 1 fully saturated rings. The smallest absolute Gasteiger partial charge is 0.268 e. The van der Waals surface area contributed by atoms with E-state index in [1.807, 2.05) is 0 Å². The van der Waals surface area contributed by atoms with Crippen molar-refractivity contribution in [1.82, 2.24) is 10.3 Å². The van der Waals surface area contributed by atoms with Gasteiger partial charge in [0.15, 0.2) is 5.43 Å². The lowest BCUT2D eigenvalue weighted by molar-refractivity contribution is -0.128. The van der Waals surface area contributed by atoms with Gasteiger partial charge < -0.3 is 25.5 Å². The Morgan fingerprint density at radius 2 is 2.27 bits per heavy atom. The molecule has 22 heavy (non-hydrogen) atoms. The van der Waals surface area contributed by atoms with E-state index >= 15 is 0 Å².